The van der Waals surface area contributed by atoms with Gasteiger partial charge < -0.3 is 10.2 Å². The number of carbonyl (C=O) groups is 1. The minimum absolute atomic E-state index is 0.0199. The zero-order chi connectivity index (χ0) is 19.1. The highest BCUT2D eigenvalue weighted by atomic mass is 35.5. The quantitative estimate of drug-likeness (QED) is 0.700. The zero-order valence-corrected chi connectivity index (χ0v) is 16.3. The number of hydrogen-bond donors (Lipinski definition) is 1. The Morgan fingerprint density at radius 2 is 2.00 bits per heavy atom. The van der Waals surface area contributed by atoms with Crippen molar-refractivity contribution in [3.05, 3.63) is 58.5 Å². The van der Waals surface area contributed by atoms with E-state index in [1.165, 1.54) is 0 Å². The van der Waals surface area contributed by atoms with Crippen LogP contribution < -0.4 is 10.2 Å². The van der Waals surface area contributed by atoms with Gasteiger partial charge in [-0.15, -0.1) is 0 Å². The number of benzene rings is 1. The molecule has 0 saturated carbocycles. The lowest BCUT2D eigenvalue weighted by atomic mass is 10.0. The van der Waals surface area contributed by atoms with Crippen LogP contribution in [0.4, 0.5) is 11.5 Å². The van der Waals surface area contributed by atoms with Gasteiger partial charge in [0, 0.05) is 31.0 Å². The highest BCUT2D eigenvalue weighted by Gasteiger charge is 2.33. The van der Waals surface area contributed by atoms with E-state index in [-0.39, 0.29) is 11.9 Å². The fourth-order valence-corrected chi connectivity index (χ4v) is 3.58. The summed E-state index contributed by atoms with van der Waals surface area (Å²) in [6.07, 6.45) is 3.44. The molecule has 6 nitrogen and oxygen atoms in total. The Hall–Kier alpha value is -2.57. The first-order chi connectivity index (χ1) is 13.0. The second kappa shape index (κ2) is 6.87. The summed E-state index contributed by atoms with van der Waals surface area (Å²) in [6, 6.07) is 9.00. The molecule has 0 radical (unpaired) electrons. The molecule has 1 amide bonds. The number of pyridine rings is 1. The van der Waals surface area contributed by atoms with E-state index < -0.39 is 0 Å². The van der Waals surface area contributed by atoms with E-state index in [1.54, 1.807) is 47.2 Å². The molecule has 1 aromatic carbocycles. The van der Waals surface area contributed by atoms with Crippen LogP contribution in [0, 0.1) is 0 Å². The van der Waals surface area contributed by atoms with Crippen molar-refractivity contribution in [3.63, 3.8) is 0 Å². The van der Waals surface area contributed by atoms with Crippen LogP contribution in [0.3, 0.4) is 0 Å². The van der Waals surface area contributed by atoms with Gasteiger partial charge in [0.05, 0.1) is 22.3 Å². The highest BCUT2D eigenvalue weighted by Crippen LogP contribution is 2.35. The van der Waals surface area contributed by atoms with Crippen LogP contribution in [-0.2, 0) is 0 Å². The van der Waals surface area contributed by atoms with Gasteiger partial charge in [-0.25, -0.2) is 4.98 Å². The first-order valence-corrected chi connectivity index (χ1v) is 9.23. The van der Waals surface area contributed by atoms with E-state index in [2.05, 4.69) is 15.4 Å². The van der Waals surface area contributed by atoms with Crippen LogP contribution in [0.25, 0.3) is 11.1 Å². The summed E-state index contributed by atoms with van der Waals surface area (Å²) >= 11 is 12.2. The van der Waals surface area contributed by atoms with Crippen molar-refractivity contribution in [2.75, 3.05) is 23.8 Å². The number of amides is 1. The predicted octanol–water partition coefficient (Wildman–Crippen LogP) is 4.52. The molecule has 8 heteroatoms. The Labute approximate surface area is 166 Å². The molecule has 2 aromatic heterocycles. The smallest absolute Gasteiger partial charge is 0.277 e. The van der Waals surface area contributed by atoms with Crippen LogP contribution in [0.2, 0.25) is 10.0 Å². The van der Waals surface area contributed by atoms with E-state index in [9.17, 15) is 4.79 Å². The van der Waals surface area contributed by atoms with Crippen LogP contribution in [0.15, 0.2) is 42.7 Å². The summed E-state index contributed by atoms with van der Waals surface area (Å²) < 4.78 is 1.78. The lowest BCUT2D eigenvalue weighted by Crippen LogP contribution is -2.42. The maximum Gasteiger partial charge on any atom is 0.277 e. The largest absolute Gasteiger partial charge is 0.373 e. The first kappa shape index (κ1) is 17.8. The van der Waals surface area contributed by atoms with Gasteiger partial charge in [0.15, 0.2) is 0 Å². The number of aromatic nitrogens is 3. The Morgan fingerprint density at radius 1 is 1.19 bits per heavy atom. The van der Waals surface area contributed by atoms with E-state index >= 15 is 0 Å². The molecule has 3 aromatic rings. The van der Waals surface area contributed by atoms with Gasteiger partial charge in [-0.3, -0.25) is 9.48 Å². The fraction of sp³-hybridized carbons (Fsp3) is 0.211. The molecule has 0 saturated heterocycles. The van der Waals surface area contributed by atoms with E-state index in [4.69, 9.17) is 23.2 Å². The molecular formula is C19H17Cl2N5O. The third-order valence-corrected chi connectivity index (χ3v) is 5.39. The molecule has 27 heavy (non-hydrogen) atoms. The zero-order valence-electron chi connectivity index (χ0n) is 14.8. The van der Waals surface area contributed by atoms with Gasteiger partial charge in [0.25, 0.3) is 5.91 Å². The molecule has 138 valence electrons. The molecule has 0 unspecified atom stereocenters. The maximum absolute atomic E-state index is 13.3. The summed E-state index contributed by atoms with van der Waals surface area (Å²) in [4.78, 5) is 19.3. The third-order valence-electron chi connectivity index (χ3n) is 4.65. The van der Waals surface area contributed by atoms with Crippen molar-refractivity contribution in [1.82, 2.24) is 14.8 Å². The van der Waals surface area contributed by atoms with Crippen molar-refractivity contribution in [2.24, 2.45) is 0 Å². The van der Waals surface area contributed by atoms with Gasteiger partial charge in [-0.05, 0) is 42.8 Å². The summed E-state index contributed by atoms with van der Waals surface area (Å²) in [7, 11) is 1.80. The third kappa shape index (κ3) is 3.05. The van der Waals surface area contributed by atoms with Gasteiger partial charge >= 0.3 is 0 Å². The number of hydrogen-bond acceptors (Lipinski definition) is 4. The molecular weight excluding hydrogens is 385 g/mol. The molecule has 4 rings (SSSR count). The Kier molecular flexibility index (Phi) is 4.53. The van der Waals surface area contributed by atoms with Gasteiger partial charge in [0.1, 0.15) is 11.5 Å². The Bertz CT molecular complexity index is 1030. The number of carbonyl (C=O) groups excluding carboxylic acids is 1. The second-order valence-corrected chi connectivity index (χ2v) is 7.21. The Morgan fingerprint density at radius 3 is 2.74 bits per heavy atom. The number of nitrogens with zero attached hydrogens (tertiary/aromatic N) is 4. The fourth-order valence-electron chi connectivity index (χ4n) is 3.28. The number of fused-ring (bicyclic) bond motifs is 1. The molecule has 1 aliphatic rings. The van der Waals surface area contributed by atoms with Crippen molar-refractivity contribution >= 4 is 40.6 Å². The standard InChI is InChI=1S/C19H17Cl2N5O/c1-11-10-25(13-3-4-15(20)16(21)8-13)19(27)18-14(9-24-26(11)18)12-5-6-23-17(7-12)22-2/h3-9,11H,10H2,1-2H3,(H,22,23)/t11-/m0/s1. The predicted molar refractivity (Wildman–Crippen MR) is 108 cm³/mol. The number of halogens is 2. The molecule has 1 atom stereocenters. The lowest BCUT2D eigenvalue weighted by molar-refractivity contribution is 0.0954. The van der Waals surface area contributed by atoms with Crippen molar-refractivity contribution in [1.29, 1.82) is 0 Å². The van der Waals surface area contributed by atoms with Gasteiger partial charge in [-0.2, -0.15) is 5.10 Å². The lowest BCUT2D eigenvalue weighted by Gasteiger charge is -2.32. The van der Waals surface area contributed by atoms with E-state index in [1.807, 2.05) is 19.1 Å². The minimum Gasteiger partial charge on any atom is -0.373 e. The van der Waals surface area contributed by atoms with Crippen LogP contribution >= 0.6 is 23.2 Å². The molecule has 0 aliphatic carbocycles. The topological polar surface area (TPSA) is 63.1 Å². The minimum atomic E-state index is -0.123. The summed E-state index contributed by atoms with van der Waals surface area (Å²) in [5.74, 6) is 0.604. The summed E-state index contributed by atoms with van der Waals surface area (Å²) in [6.45, 7) is 2.53. The van der Waals surface area contributed by atoms with Crippen molar-refractivity contribution in [2.45, 2.75) is 13.0 Å². The molecule has 3 heterocycles. The van der Waals surface area contributed by atoms with Crippen molar-refractivity contribution < 1.29 is 4.79 Å². The van der Waals surface area contributed by atoms with Crippen LogP contribution in [0.1, 0.15) is 23.5 Å². The summed E-state index contributed by atoms with van der Waals surface area (Å²) in [5, 5.41) is 8.35. The van der Waals surface area contributed by atoms with Gasteiger partial charge in [-0.1, -0.05) is 23.2 Å². The van der Waals surface area contributed by atoms with Crippen molar-refractivity contribution in [3.8, 4) is 11.1 Å². The normalized spacial score (nSPS) is 16.4. The number of rotatable bonds is 3. The second-order valence-electron chi connectivity index (χ2n) is 6.39. The maximum atomic E-state index is 13.3. The monoisotopic (exact) mass is 401 g/mol. The number of nitrogens with one attached hydrogen (secondary N) is 1. The SMILES string of the molecule is CNc1cc(-c2cnn3c2C(=O)N(c2ccc(Cl)c(Cl)c2)C[C@@H]3C)ccn1. The number of anilines is 2. The molecule has 0 bridgehead atoms. The van der Waals surface area contributed by atoms with E-state index in [0.717, 1.165) is 16.9 Å². The van der Waals surface area contributed by atoms with Crippen LogP contribution in [-0.4, -0.2) is 34.3 Å². The molecule has 1 N–H and O–H groups in total. The average molecular weight is 402 g/mol. The average Bonchev–Trinajstić information content (AvgIpc) is 3.13. The summed E-state index contributed by atoms with van der Waals surface area (Å²) in [5.41, 5.74) is 2.92. The molecule has 0 fully saturated rings. The van der Waals surface area contributed by atoms with Gasteiger partial charge in [0.2, 0.25) is 0 Å². The molecule has 0 spiro atoms. The highest BCUT2D eigenvalue weighted by molar-refractivity contribution is 6.42. The van der Waals surface area contributed by atoms with Crippen LogP contribution in [0.5, 0.6) is 0 Å². The molecule has 1 aliphatic heterocycles. The first-order valence-electron chi connectivity index (χ1n) is 8.48. The van der Waals surface area contributed by atoms with E-state index in [0.29, 0.717) is 28.0 Å². The Balaban J connectivity index is 1.80.